The van der Waals surface area contributed by atoms with E-state index in [1.54, 1.807) is 11.9 Å². The third-order valence-corrected chi connectivity index (χ3v) is 2.66. The van der Waals surface area contributed by atoms with E-state index in [9.17, 15) is 0 Å². The van der Waals surface area contributed by atoms with Crippen molar-refractivity contribution in [3.63, 3.8) is 0 Å². The van der Waals surface area contributed by atoms with Crippen LogP contribution in [0, 0.1) is 11.3 Å². The van der Waals surface area contributed by atoms with Crippen molar-refractivity contribution in [2.75, 3.05) is 6.54 Å². The molecule has 0 aliphatic rings. The highest BCUT2D eigenvalue weighted by Crippen LogP contribution is 2.14. The van der Waals surface area contributed by atoms with Gasteiger partial charge in [0.15, 0.2) is 0 Å². The Morgan fingerprint density at radius 3 is 2.64 bits per heavy atom. The molecule has 0 saturated heterocycles. The molecule has 0 bridgehead atoms. The lowest BCUT2D eigenvalue weighted by Crippen LogP contribution is -2.04. The molecule has 1 aromatic carbocycles. The fourth-order valence-electron chi connectivity index (χ4n) is 0.981. The van der Waals surface area contributed by atoms with Crippen LogP contribution in [0.5, 0.6) is 0 Å². The molecule has 0 aromatic heterocycles. The van der Waals surface area contributed by atoms with E-state index in [2.05, 4.69) is 17.7 Å². The third kappa shape index (κ3) is 3.82. The molecule has 74 valence electrons. The predicted octanol–water partition coefficient (Wildman–Crippen LogP) is 2.96. The van der Waals surface area contributed by atoms with Crippen LogP contribution in [-0.2, 0) is 0 Å². The van der Waals surface area contributed by atoms with Gasteiger partial charge in [0, 0.05) is 11.4 Å². The Hall–Kier alpha value is -0.980. The van der Waals surface area contributed by atoms with Gasteiger partial charge in [0.25, 0.3) is 0 Å². The van der Waals surface area contributed by atoms with Crippen LogP contribution >= 0.6 is 11.9 Å². The molecule has 0 heterocycles. The van der Waals surface area contributed by atoms with Crippen LogP contribution in [0.1, 0.15) is 25.3 Å². The van der Waals surface area contributed by atoms with Crippen LogP contribution in [-0.4, -0.2) is 6.54 Å². The van der Waals surface area contributed by atoms with Gasteiger partial charge < -0.3 is 0 Å². The lowest BCUT2D eigenvalue weighted by atomic mass is 10.2. The molecule has 2 nitrogen and oxygen atoms in total. The topological polar surface area (TPSA) is 35.8 Å². The Kier molecular flexibility index (Phi) is 5.13. The van der Waals surface area contributed by atoms with Crippen molar-refractivity contribution >= 4 is 11.9 Å². The van der Waals surface area contributed by atoms with Crippen molar-refractivity contribution in [3.8, 4) is 6.07 Å². The number of rotatable bonds is 5. The number of unbranched alkanes of at least 4 members (excludes halogenated alkanes) is 1. The van der Waals surface area contributed by atoms with E-state index < -0.39 is 0 Å². The average Bonchev–Trinajstić information content (AvgIpc) is 2.25. The van der Waals surface area contributed by atoms with Crippen molar-refractivity contribution in [2.45, 2.75) is 24.7 Å². The second-order valence-corrected chi connectivity index (χ2v) is 3.95. The maximum Gasteiger partial charge on any atom is 0.0991 e. The first kappa shape index (κ1) is 11.1. The SMILES string of the molecule is CCCCNSc1ccc(C#N)cc1. The lowest BCUT2D eigenvalue weighted by Gasteiger charge is -2.02. The minimum absolute atomic E-state index is 0.711. The second kappa shape index (κ2) is 6.47. The number of hydrogen-bond acceptors (Lipinski definition) is 3. The molecule has 0 atom stereocenters. The monoisotopic (exact) mass is 206 g/mol. The van der Waals surface area contributed by atoms with E-state index in [1.165, 1.54) is 12.8 Å². The number of hydrogen-bond donors (Lipinski definition) is 1. The van der Waals surface area contributed by atoms with Crippen LogP contribution < -0.4 is 4.72 Å². The molecule has 1 N–H and O–H groups in total. The summed E-state index contributed by atoms with van der Waals surface area (Å²) in [7, 11) is 0. The van der Waals surface area contributed by atoms with Gasteiger partial charge in [-0.05, 0) is 42.6 Å². The summed E-state index contributed by atoms with van der Waals surface area (Å²) in [6.07, 6.45) is 2.41. The van der Waals surface area contributed by atoms with Crippen LogP contribution in [0.2, 0.25) is 0 Å². The van der Waals surface area contributed by atoms with Crippen molar-refractivity contribution in [1.29, 1.82) is 5.26 Å². The number of nitrogens with zero attached hydrogens (tertiary/aromatic N) is 1. The molecule has 0 saturated carbocycles. The molecule has 0 aliphatic carbocycles. The first-order valence-corrected chi connectivity index (χ1v) is 5.58. The van der Waals surface area contributed by atoms with Crippen LogP contribution in [0.25, 0.3) is 0 Å². The van der Waals surface area contributed by atoms with Crippen molar-refractivity contribution in [2.24, 2.45) is 0 Å². The summed E-state index contributed by atoms with van der Waals surface area (Å²) in [5.74, 6) is 0. The lowest BCUT2D eigenvalue weighted by molar-refractivity contribution is 0.776. The summed E-state index contributed by atoms with van der Waals surface area (Å²) in [5, 5.41) is 8.60. The van der Waals surface area contributed by atoms with Crippen molar-refractivity contribution < 1.29 is 0 Å². The minimum atomic E-state index is 0.711. The Labute approximate surface area is 89.5 Å². The first-order valence-electron chi connectivity index (χ1n) is 4.76. The molecular weight excluding hydrogens is 192 g/mol. The van der Waals surface area contributed by atoms with Gasteiger partial charge in [-0.2, -0.15) is 5.26 Å². The van der Waals surface area contributed by atoms with Gasteiger partial charge in [0.1, 0.15) is 0 Å². The largest absolute Gasteiger partial charge is 0.260 e. The zero-order valence-electron chi connectivity index (χ0n) is 8.29. The number of nitrogens with one attached hydrogen (secondary N) is 1. The van der Waals surface area contributed by atoms with Crippen molar-refractivity contribution in [1.82, 2.24) is 4.72 Å². The summed E-state index contributed by atoms with van der Waals surface area (Å²) in [6.45, 7) is 3.20. The van der Waals surface area contributed by atoms with E-state index in [-0.39, 0.29) is 0 Å². The van der Waals surface area contributed by atoms with Crippen LogP contribution in [0.15, 0.2) is 29.2 Å². The molecule has 0 aliphatic heterocycles. The zero-order valence-corrected chi connectivity index (χ0v) is 9.10. The minimum Gasteiger partial charge on any atom is -0.260 e. The normalized spacial score (nSPS) is 9.71. The molecule has 0 radical (unpaired) electrons. The fourth-order valence-corrected chi connectivity index (χ4v) is 1.67. The van der Waals surface area contributed by atoms with Crippen LogP contribution in [0.4, 0.5) is 0 Å². The Morgan fingerprint density at radius 1 is 1.36 bits per heavy atom. The summed E-state index contributed by atoms with van der Waals surface area (Å²) >= 11 is 1.62. The van der Waals surface area contributed by atoms with Gasteiger partial charge in [-0.15, -0.1) is 0 Å². The molecule has 0 spiro atoms. The number of nitriles is 1. The Bertz CT molecular complexity index is 300. The average molecular weight is 206 g/mol. The zero-order chi connectivity index (χ0) is 10.2. The van der Waals surface area contributed by atoms with E-state index in [0.717, 1.165) is 11.4 Å². The first-order chi connectivity index (χ1) is 6.86. The van der Waals surface area contributed by atoms with Gasteiger partial charge >= 0.3 is 0 Å². The van der Waals surface area contributed by atoms with Gasteiger partial charge in [-0.25, -0.2) is 0 Å². The fraction of sp³-hybridized carbons (Fsp3) is 0.364. The third-order valence-electron chi connectivity index (χ3n) is 1.81. The predicted molar refractivity (Wildman–Crippen MR) is 59.9 cm³/mol. The van der Waals surface area contributed by atoms with E-state index in [4.69, 9.17) is 5.26 Å². The van der Waals surface area contributed by atoms with Gasteiger partial charge in [0.05, 0.1) is 11.6 Å². The molecule has 1 aromatic rings. The summed E-state index contributed by atoms with van der Waals surface area (Å²) in [6, 6.07) is 9.70. The quantitative estimate of drug-likeness (QED) is 0.594. The molecule has 14 heavy (non-hydrogen) atoms. The van der Waals surface area contributed by atoms with Gasteiger partial charge in [-0.1, -0.05) is 13.3 Å². The highest BCUT2D eigenvalue weighted by atomic mass is 32.2. The smallest absolute Gasteiger partial charge is 0.0991 e. The van der Waals surface area contributed by atoms with E-state index >= 15 is 0 Å². The van der Waals surface area contributed by atoms with E-state index in [0.29, 0.717) is 5.56 Å². The molecule has 0 amide bonds. The Balaban J connectivity index is 2.33. The summed E-state index contributed by atoms with van der Waals surface area (Å²) in [5.41, 5.74) is 0.711. The summed E-state index contributed by atoms with van der Waals surface area (Å²) < 4.78 is 3.27. The van der Waals surface area contributed by atoms with Crippen molar-refractivity contribution in [3.05, 3.63) is 29.8 Å². The summed E-state index contributed by atoms with van der Waals surface area (Å²) in [4.78, 5) is 1.15. The van der Waals surface area contributed by atoms with E-state index in [1.807, 2.05) is 24.3 Å². The maximum atomic E-state index is 8.60. The standard InChI is InChI=1S/C11H14N2S/c1-2-3-8-13-14-11-6-4-10(9-12)5-7-11/h4-7,13H,2-3,8H2,1H3. The molecular formula is C11H14N2S. The molecule has 3 heteroatoms. The van der Waals surface area contributed by atoms with Gasteiger partial charge in [-0.3, -0.25) is 4.72 Å². The molecule has 1 rings (SSSR count). The highest BCUT2D eigenvalue weighted by molar-refractivity contribution is 7.97. The molecule has 0 unspecified atom stereocenters. The second-order valence-electron chi connectivity index (χ2n) is 2.99. The maximum absolute atomic E-state index is 8.60. The highest BCUT2D eigenvalue weighted by Gasteiger charge is 1.93. The Morgan fingerprint density at radius 2 is 2.07 bits per heavy atom. The number of benzene rings is 1. The molecule has 0 fully saturated rings. The van der Waals surface area contributed by atoms with Crippen LogP contribution in [0.3, 0.4) is 0 Å². The van der Waals surface area contributed by atoms with Gasteiger partial charge in [0.2, 0.25) is 0 Å².